The van der Waals surface area contributed by atoms with Gasteiger partial charge in [-0.15, -0.1) is 0 Å². The Hall–Kier alpha value is -2.85. The summed E-state index contributed by atoms with van der Waals surface area (Å²) >= 11 is 0. The molecule has 0 unspecified atom stereocenters. The minimum Gasteiger partial charge on any atom is -0.497 e. The zero-order chi connectivity index (χ0) is 23.0. The molecule has 0 saturated carbocycles. The molecular weight excluding hydrogens is 437 g/mol. The van der Waals surface area contributed by atoms with Crippen molar-refractivity contribution in [3.63, 3.8) is 0 Å². The van der Waals surface area contributed by atoms with E-state index in [1.54, 1.807) is 43.5 Å². The first-order valence-corrected chi connectivity index (χ1v) is 12.0. The van der Waals surface area contributed by atoms with Crippen LogP contribution in [0.3, 0.4) is 0 Å². The maximum Gasteiger partial charge on any atom is 0.257 e. The largest absolute Gasteiger partial charge is 0.497 e. The SMILES string of the molecule is COc1ccc(OCC(=O)NCCCS(=O)(=O)N2CCN(c3ccc(F)cc3)CC2)cc1. The van der Waals surface area contributed by atoms with Crippen LogP contribution in [0, 0.1) is 5.82 Å². The molecule has 1 fully saturated rings. The average molecular weight is 466 g/mol. The average Bonchev–Trinajstić information content (AvgIpc) is 2.81. The molecule has 1 amide bonds. The van der Waals surface area contributed by atoms with Gasteiger partial charge in [-0.2, -0.15) is 4.31 Å². The molecular formula is C22H28FN3O5S. The van der Waals surface area contributed by atoms with Crippen LogP contribution in [0.2, 0.25) is 0 Å². The van der Waals surface area contributed by atoms with E-state index in [9.17, 15) is 17.6 Å². The Bertz CT molecular complexity index is 976. The van der Waals surface area contributed by atoms with E-state index < -0.39 is 10.0 Å². The van der Waals surface area contributed by atoms with Crippen LogP contribution in [-0.2, 0) is 14.8 Å². The van der Waals surface area contributed by atoms with Gasteiger partial charge in [0.15, 0.2) is 6.61 Å². The lowest BCUT2D eigenvalue weighted by atomic mass is 10.2. The Morgan fingerprint density at radius 3 is 2.25 bits per heavy atom. The summed E-state index contributed by atoms with van der Waals surface area (Å²) in [6, 6.07) is 13.1. The van der Waals surface area contributed by atoms with E-state index in [1.807, 2.05) is 4.90 Å². The summed E-state index contributed by atoms with van der Waals surface area (Å²) < 4.78 is 50.2. The second kappa shape index (κ2) is 11.1. The zero-order valence-electron chi connectivity index (χ0n) is 18.0. The minimum absolute atomic E-state index is 0.0385. The maximum absolute atomic E-state index is 13.1. The summed E-state index contributed by atoms with van der Waals surface area (Å²) in [6.45, 7) is 1.95. The number of rotatable bonds is 10. The van der Waals surface area contributed by atoms with Crippen LogP contribution in [0.15, 0.2) is 48.5 Å². The summed E-state index contributed by atoms with van der Waals surface area (Å²) in [7, 11) is -1.84. The minimum atomic E-state index is -3.40. The Morgan fingerprint density at radius 1 is 1.00 bits per heavy atom. The molecule has 2 aromatic carbocycles. The van der Waals surface area contributed by atoms with Crippen molar-refractivity contribution in [1.82, 2.24) is 9.62 Å². The number of ether oxygens (including phenoxy) is 2. The fourth-order valence-electron chi connectivity index (χ4n) is 3.36. The molecule has 3 rings (SSSR count). The van der Waals surface area contributed by atoms with E-state index in [4.69, 9.17) is 9.47 Å². The molecule has 1 saturated heterocycles. The smallest absolute Gasteiger partial charge is 0.257 e. The number of methoxy groups -OCH3 is 1. The predicted molar refractivity (Wildman–Crippen MR) is 120 cm³/mol. The summed E-state index contributed by atoms with van der Waals surface area (Å²) in [5, 5.41) is 2.67. The molecule has 0 aliphatic carbocycles. The lowest BCUT2D eigenvalue weighted by Gasteiger charge is -2.35. The number of piperazine rings is 1. The number of benzene rings is 2. The van der Waals surface area contributed by atoms with Crippen LogP contribution in [-0.4, -0.2) is 70.8 Å². The van der Waals surface area contributed by atoms with E-state index in [2.05, 4.69) is 5.32 Å². The number of hydrogen-bond donors (Lipinski definition) is 1. The standard InChI is InChI=1S/C22H28FN3O5S/c1-30-20-7-9-21(10-8-20)31-17-22(27)24-11-2-16-32(28,29)26-14-12-25(13-15-26)19-5-3-18(23)4-6-19/h3-10H,2,11-17H2,1H3,(H,24,27). The molecule has 32 heavy (non-hydrogen) atoms. The molecule has 8 nitrogen and oxygen atoms in total. The summed E-state index contributed by atoms with van der Waals surface area (Å²) in [4.78, 5) is 13.9. The molecule has 1 aliphatic rings. The molecule has 0 spiro atoms. The first-order chi connectivity index (χ1) is 15.4. The highest BCUT2D eigenvalue weighted by atomic mass is 32.2. The van der Waals surface area contributed by atoms with E-state index in [0.717, 1.165) is 5.69 Å². The summed E-state index contributed by atoms with van der Waals surface area (Å²) in [5.74, 6) is 0.590. The van der Waals surface area contributed by atoms with Crippen molar-refractivity contribution in [3.05, 3.63) is 54.3 Å². The number of sulfonamides is 1. The van der Waals surface area contributed by atoms with Gasteiger partial charge in [0.1, 0.15) is 17.3 Å². The molecule has 0 radical (unpaired) electrons. The normalized spacial score (nSPS) is 14.8. The van der Waals surface area contributed by atoms with Gasteiger partial charge in [0.05, 0.1) is 12.9 Å². The van der Waals surface area contributed by atoms with Crippen LogP contribution in [0.5, 0.6) is 11.5 Å². The molecule has 174 valence electrons. The third-order valence-corrected chi connectivity index (χ3v) is 7.11. The number of amides is 1. The number of nitrogens with one attached hydrogen (secondary N) is 1. The molecule has 0 atom stereocenters. The number of halogens is 1. The van der Waals surface area contributed by atoms with Gasteiger partial charge in [-0.1, -0.05) is 0 Å². The Balaban J connectivity index is 1.34. The second-order valence-corrected chi connectivity index (χ2v) is 9.43. The number of carbonyl (C=O) groups excluding carboxylic acids is 1. The highest BCUT2D eigenvalue weighted by Gasteiger charge is 2.26. The van der Waals surface area contributed by atoms with Crippen LogP contribution in [0.1, 0.15) is 6.42 Å². The molecule has 10 heteroatoms. The van der Waals surface area contributed by atoms with E-state index in [1.165, 1.54) is 16.4 Å². The van der Waals surface area contributed by atoms with Crippen LogP contribution < -0.4 is 19.7 Å². The van der Waals surface area contributed by atoms with Crippen molar-refractivity contribution in [2.24, 2.45) is 0 Å². The predicted octanol–water partition coefficient (Wildman–Crippen LogP) is 1.87. The maximum atomic E-state index is 13.1. The third kappa shape index (κ3) is 6.83. The highest BCUT2D eigenvalue weighted by molar-refractivity contribution is 7.89. The van der Waals surface area contributed by atoms with Gasteiger partial charge in [-0.05, 0) is 55.0 Å². The first kappa shape index (κ1) is 23.8. The monoisotopic (exact) mass is 465 g/mol. The molecule has 0 bridgehead atoms. The van der Waals surface area contributed by atoms with Crippen molar-refractivity contribution < 1.29 is 27.1 Å². The second-order valence-electron chi connectivity index (χ2n) is 7.35. The van der Waals surface area contributed by atoms with E-state index >= 15 is 0 Å². The van der Waals surface area contributed by atoms with Crippen molar-refractivity contribution in [2.75, 3.05) is 57.1 Å². The number of carbonyl (C=O) groups is 1. The lowest BCUT2D eigenvalue weighted by molar-refractivity contribution is -0.123. The van der Waals surface area contributed by atoms with E-state index in [-0.39, 0.29) is 30.6 Å². The highest BCUT2D eigenvalue weighted by Crippen LogP contribution is 2.19. The number of hydrogen-bond acceptors (Lipinski definition) is 6. The molecule has 1 aliphatic heterocycles. The van der Waals surface area contributed by atoms with Gasteiger partial charge in [-0.25, -0.2) is 12.8 Å². The fourth-order valence-corrected chi connectivity index (χ4v) is 4.85. The van der Waals surface area contributed by atoms with Gasteiger partial charge in [0.2, 0.25) is 10.0 Å². The molecule has 1 N–H and O–H groups in total. The van der Waals surface area contributed by atoms with Gasteiger partial charge >= 0.3 is 0 Å². The molecule has 1 heterocycles. The molecule has 0 aromatic heterocycles. The zero-order valence-corrected chi connectivity index (χ0v) is 18.8. The van der Waals surface area contributed by atoms with Crippen molar-refractivity contribution in [2.45, 2.75) is 6.42 Å². The number of nitrogens with zero attached hydrogens (tertiary/aromatic N) is 2. The Labute approximate surface area is 188 Å². The lowest BCUT2D eigenvalue weighted by Crippen LogP contribution is -2.49. The molecule has 2 aromatic rings. The number of anilines is 1. The van der Waals surface area contributed by atoms with Crippen LogP contribution in [0.25, 0.3) is 0 Å². The van der Waals surface area contributed by atoms with Crippen molar-refractivity contribution in [3.8, 4) is 11.5 Å². The van der Waals surface area contributed by atoms with Crippen molar-refractivity contribution in [1.29, 1.82) is 0 Å². The summed E-state index contributed by atoms with van der Waals surface area (Å²) in [5.41, 5.74) is 0.878. The quantitative estimate of drug-likeness (QED) is 0.539. The van der Waals surface area contributed by atoms with Gasteiger partial charge < -0.3 is 19.7 Å². The van der Waals surface area contributed by atoms with Gasteiger partial charge in [0, 0.05) is 38.4 Å². The van der Waals surface area contributed by atoms with Gasteiger partial charge in [0.25, 0.3) is 5.91 Å². The third-order valence-electron chi connectivity index (χ3n) is 5.15. The van der Waals surface area contributed by atoms with E-state index in [0.29, 0.717) is 44.1 Å². The first-order valence-electron chi connectivity index (χ1n) is 10.4. The fraction of sp³-hybridized carbons (Fsp3) is 0.409. The van der Waals surface area contributed by atoms with Crippen LogP contribution >= 0.6 is 0 Å². The van der Waals surface area contributed by atoms with Gasteiger partial charge in [-0.3, -0.25) is 4.79 Å². The Morgan fingerprint density at radius 2 is 1.62 bits per heavy atom. The topological polar surface area (TPSA) is 88.2 Å². The Kier molecular flexibility index (Phi) is 8.29. The van der Waals surface area contributed by atoms with Crippen molar-refractivity contribution >= 4 is 21.6 Å². The van der Waals surface area contributed by atoms with Crippen LogP contribution in [0.4, 0.5) is 10.1 Å². The summed E-state index contributed by atoms with van der Waals surface area (Å²) in [6.07, 6.45) is 0.314.